The summed E-state index contributed by atoms with van der Waals surface area (Å²) in [5, 5.41) is 0. The van der Waals surface area contributed by atoms with Crippen molar-refractivity contribution in [2.24, 2.45) is 0 Å². The van der Waals surface area contributed by atoms with Crippen LogP contribution in [0.1, 0.15) is 21.5 Å². The largest absolute Gasteiger partial charge is 0.496 e. The van der Waals surface area contributed by atoms with Crippen LogP contribution >= 0.6 is 31.9 Å². The number of ketones is 1. The van der Waals surface area contributed by atoms with Crippen molar-refractivity contribution in [3.05, 3.63) is 62.0 Å². The highest BCUT2D eigenvalue weighted by molar-refractivity contribution is 9.10. The molecule has 2 rings (SSSR count). The second kappa shape index (κ2) is 6.55. The van der Waals surface area contributed by atoms with Gasteiger partial charge in [-0.15, -0.1) is 0 Å². The maximum Gasteiger partial charge on any atom is 0.167 e. The second-order valence-electron chi connectivity index (χ2n) is 4.53. The lowest BCUT2D eigenvalue weighted by Crippen LogP contribution is -2.06. The van der Waals surface area contributed by atoms with Crippen molar-refractivity contribution >= 4 is 37.6 Å². The number of hydrogen-bond acceptors (Lipinski definition) is 2. The molecule has 0 aliphatic heterocycles. The molecule has 0 fully saturated rings. The molecule has 0 radical (unpaired) electrons. The van der Waals surface area contributed by atoms with Gasteiger partial charge in [-0.3, -0.25) is 4.79 Å². The normalized spacial score (nSPS) is 10.4. The van der Waals surface area contributed by atoms with E-state index in [9.17, 15) is 4.79 Å². The fourth-order valence-electron chi connectivity index (χ4n) is 2.00. The van der Waals surface area contributed by atoms with Gasteiger partial charge in [-0.25, -0.2) is 0 Å². The third kappa shape index (κ3) is 3.49. The summed E-state index contributed by atoms with van der Waals surface area (Å²) in [6, 6.07) is 11.5. The molecule has 0 saturated heterocycles. The summed E-state index contributed by atoms with van der Waals surface area (Å²) in [6.07, 6.45) is 0.375. The van der Waals surface area contributed by atoms with E-state index in [1.807, 2.05) is 43.3 Å². The molecule has 0 saturated carbocycles. The Morgan fingerprint density at radius 1 is 1.15 bits per heavy atom. The van der Waals surface area contributed by atoms with E-state index in [0.717, 1.165) is 31.4 Å². The summed E-state index contributed by atoms with van der Waals surface area (Å²) in [5.74, 6) is 0.876. The molecule has 0 aliphatic rings. The first-order chi connectivity index (χ1) is 9.51. The highest BCUT2D eigenvalue weighted by atomic mass is 79.9. The minimum absolute atomic E-state index is 0.112. The summed E-state index contributed by atoms with van der Waals surface area (Å²) < 4.78 is 6.96. The van der Waals surface area contributed by atoms with Crippen molar-refractivity contribution in [1.29, 1.82) is 0 Å². The van der Waals surface area contributed by atoms with Crippen LogP contribution in [0.25, 0.3) is 0 Å². The van der Waals surface area contributed by atoms with E-state index in [1.165, 1.54) is 0 Å². The lowest BCUT2D eigenvalue weighted by molar-refractivity contribution is 0.0992. The molecule has 0 atom stereocenters. The Morgan fingerprint density at radius 2 is 1.90 bits per heavy atom. The van der Waals surface area contributed by atoms with Crippen molar-refractivity contribution < 1.29 is 9.53 Å². The first kappa shape index (κ1) is 15.3. The van der Waals surface area contributed by atoms with Gasteiger partial charge < -0.3 is 4.74 Å². The zero-order valence-corrected chi connectivity index (χ0v) is 14.4. The number of methoxy groups -OCH3 is 1. The monoisotopic (exact) mass is 396 g/mol. The fourth-order valence-corrected chi connectivity index (χ4v) is 2.94. The molecule has 2 nitrogen and oxygen atoms in total. The third-order valence-corrected chi connectivity index (χ3v) is 4.19. The third-order valence-electron chi connectivity index (χ3n) is 3.08. The molecule has 0 heterocycles. The van der Waals surface area contributed by atoms with E-state index in [4.69, 9.17) is 4.74 Å². The van der Waals surface area contributed by atoms with Crippen LogP contribution < -0.4 is 4.74 Å². The Kier molecular flexibility index (Phi) is 5.00. The maximum absolute atomic E-state index is 12.4. The van der Waals surface area contributed by atoms with E-state index in [2.05, 4.69) is 31.9 Å². The van der Waals surface area contributed by atoms with Gasteiger partial charge in [-0.2, -0.15) is 0 Å². The molecular weight excluding hydrogens is 384 g/mol. The molecule has 2 aromatic carbocycles. The van der Waals surface area contributed by atoms with Crippen molar-refractivity contribution in [2.75, 3.05) is 7.11 Å². The van der Waals surface area contributed by atoms with E-state index < -0.39 is 0 Å². The van der Waals surface area contributed by atoms with Gasteiger partial charge in [0.25, 0.3) is 0 Å². The Bertz CT molecular complexity index is 651. The molecule has 0 N–H and O–H groups in total. The number of benzene rings is 2. The van der Waals surface area contributed by atoms with Crippen LogP contribution in [0.4, 0.5) is 0 Å². The summed E-state index contributed by atoms with van der Waals surface area (Å²) in [7, 11) is 1.62. The van der Waals surface area contributed by atoms with Gasteiger partial charge >= 0.3 is 0 Å². The lowest BCUT2D eigenvalue weighted by Gasteiger charge is -2.08. The van der Waals surface area contributed by atoms with Crippen LogP contribution in [0.5, 0.6) is 5.75 Å². The van der Waals surface area contributed by atoms with Crippen molar-refractivity contribution in [3.8, 4) is 5.75 Å². The Labute approximate surface area is 135 Å². The molecule has 4 heteroatoms. The summed E-state index contributed by atoms with van der Waals surface area (Å²) in [6.45, 7) is 1.95. The van der Waals surface area contributed by atoms with Crippen LogP contribution in [0.15, 0.2) is 45.3 Å². The lowest BCUT2D eigenvalue weighted by atomic mass is 9.99. The average Bonchev–Trinajstić information content (AvgIpc) is 2.41. The zero-order valence-electron chi connectivity index (χ0n) is 11.2. The molecular formula is C16H14Br2O2. The van der Waals surface area contributed by atoms with Crippen LogP contribution in [-0.4, -0.2) is 12.9 Å². The molecule has 0 spiro atoms. The van der Waals surface area contributed by atoms with Crippen molar-refractivity contribution in [2.45, 2.75) is 13.3 Å². The smallest absolute Gasteiger partial charge is 0.167 e. The second-order valence-corrected chi connectivity index (χ2v) is 6.30. The minimum atomic E-state index is 0.112. The van der Waals surface area contributed by atoms with Crippen LogP contribution in [0.3, 0.4) is 0 Å². The Morgan fingerprint density at radius 3 is 2.55 bits per heavy atom. The van der Waals surface area contributed by atoms with Gasteiger partial charge in [0.1, 0.15) is 5.75 Å². The van der Waals surface area contributed by atoms with Gasteiger partial charge in [0.05, 0.1) is 11.6 Å². The quantitative estimate of drug-likeness (QED) is 0.682. The van der Waals surface area contributed by atoms with Gasteiger partial charge in [0.15, 0.2) is 5.78 Å². The maximum atomic E-state index is 12.4. The number of hydrogen-bond donors (Lipinski definition) is 0. The first-order valence-electron chi connectivity index (χ1n) is 6.13. The minimum Gasteiger partial charge on any atom is -0.496 e. The molecule has 2 aromatic rings. The van der Waals surface area contributed by atoms with Crippen molar-refractivity contribution in [1.82, 2.24) is 0 Å². The highest BCUT2D eigenvalue weighted by Gasteiger charge is 2.11. The van der Waals surface area contributed by atoms with Crippen molar-refractivity contribution in [3.63, 3.8) is 0 Å². The Balaban J connectivity index is 2.23. The van der Waals surface area contributed by atoms with Crippen LogP contribution in [0.2, 0.25) is 0 Å². The van der Waals surface area contributed by atoms with Gasteiger partial charge in [0, 0.05) is 16.5 Å². The number of rotatable bonds is 4. The number of carbonyl (C=O) groups is 1. The molecule has 0 unspecified atom stereocenters. The van der Waals surface area contributed by atoms with E-state index in [1.54, 1.807) is 7.11 Å². The summed E-state index contributed by atoms with van der Waals surface area (Å²) >= 11 is 6.84. The van der Waals surface area contributed by atoms with Gasteiger partial charge in [0.2, 0.25) is 0 Å². The SMILES string of the molecule is COc1ccc(CC(=O)c2cc(Br)ccc2C)cc1Br. The fraction of sp³-hybridized carbons (Fsp3) is 0.188. The molecule has 104 valence electrons. The van der Waals surface area contributed by atoms with E-state index in [0.29, 0.717) is 6.42 Å². The predicted octanol–water partition coefficient (Wildman–Crippen LogP) is 4.95. The number of halogens is 2. The van der Waals surface area contributed by atoms with Crippen LogP contribution in [-0.2, 0) is 6.42 Å². The molecule has 0 aliphatic carbocycles. The van der Waals surface area contributed by atoms with Crippen LogP contribution in [0, 0.1) is 6.92 Å². The van der Waals surface area contributed by atoms with E-state index >= 15 is 0 Å². The molecule has 20 heavy (non-hydrogen) atoms. The molecule has 0 amide bonds. The topological polar surface area (TPSA) is 26.3 Å². The predicted molar refractivity (Wildman–Crippen MR) is 87.6 cm³/mol. The number of carbonyl (C=O) groups excluding carboxylic acids is 1. The van der Waals surface area contributed by atoms with Gasteiger partial charge in [-0.05, 0) is 58.2 Å². The van der Waals surface area contributed by atoms with E-state index in [-0.39, 0.29) is 5.78 Å². The number of aryl methyl sites for hydroxylation is 1. The summed E-state index contributed by atoms with van der Waals surface area (Å²) in [4.78, 5) is 12.4. The molecule has 0 bridgehead atoms. The first-order valence-corrected chi connectivity index (χ1v) is 7.71. The average molecular weight is 398 g/mol. The number of ether oxygens (including phenoxy) is 1. The van der Waals surface area contributed by atoms with Gasteiger partial charge in [-0.1, -0.05) is 28.1 Å². The summed E-state index contributed by atoms with van der Waals surface area (Å²) in [5.41, 5.74) is 2.71. The number of Topliss-reactive ketones (excluding diaryl/α,β-unsaturated/α-hetero) is 1. The Hall–Kier alpha value is -1.13. The highest BCUT2D eigenvalue weighted by Crippen LogP contribution is 2.26. The molecule has 0 aromatic heterocycles. The zero-order chi connectivity index (χ0) is 14.7. The standard InChI is InChI=1S/C16H14Br2O2/c1-10-3-5-12(17)9-13(10)15(19)8-11-4-6-16(20-2)14(18)7-11/h3-7,9H,8H2,1-2H3.